The van der Waals surface area contributed by atoms with Crippen LogP contribution in [0.25, 0.3) is 11.1 Å². The molecule has 0 fully saturated rings. The molecule has 23 heavy (non-hydrogen) atoms. The zero-order valence-corrected chi connectivity index (χ0v) is 14.8. The number of rotatable bonds is 3. The molecule has 0 unspecified atom stereocenters. The number of nitrogens with zero attached hydrogens (tertiary/aromatic N) is 1. The van der Waals surface area contributed by atoms with Gasteiger partial charge in [-0.15, -0.1) is 0 Å². The number of hydrogen-bond acceptors (Lipinski definition) is 2. The topological polar surface area (TPSA) is 21.6 Å². The third kappa shape index (κ3) is 3.42. The maximum atomic E-state index is 6.23. The highest BCUT2D eigenvalue weighted by atomic mass is 35.5. The van der Waals surface area contributed by atoms with Gasteiger partial charge in [-0.1, -0.05) is 49.7 Å². The molecule has 3 heteroatoms. The summed E-state index contributed by atoms with van der Waals surface area (Å²) in [5, 5.41) is 0.717. The van der Waals surface area contributed by atoms with Crippen molar-refractivity contribution in [1.29, 1.82) is 0 Å². The molecule has 0 atom stereocenters. The maximum Gasteiger partial charge on any atom is 0.217 e. The van der Waals surface area contributed by atoms with Gasteiger partial charge in [0.2, 0.25) is 5.90 Å². The van der Waals surface area contributed by atoms with Crippen molar-refractivity contribution in [3.63, 3.8) is 0 Å². The van der Waals surface area contributed by atoms with Crippen LogP contribution in [0.15, 0.2) is 47.5 Å². The van der Waals surface area contributed by atoms with E-state index in [1.54, 1.807) is 0 Å². The largest absolute Gasteiger partial charge is 0.475 e. The zero-order chi connectivity index (χ0) is 16.6. The molecule has 1 aliphatic rings. The van der Waals surface area contributed by atoms with Crippen molar-refractivity contribution in [2.24, 2.45) is 4.99 Å². The number of hydrogen-bond donors (Lipinski definition) is 0. The zero-order valence-electron chi connectivity index (χ0n) is 14.1. The molecule has 120 valence electrons. The smallest absolute Gasteiger partial charge is 0.217 e. The molecule has 0 saturated carbocycles. The average Bonchev–Trinajstić information content (AvgIpc) is 2.87. The van der Waals surface area contributed by atoms with Crippen molar-refractivity contribution in [2.45, 2.75) is 39.2 Å². The summed E-state index contributed by atoms with van der Waals surface area (Å²) in [6.45, 7) is 9.16. The van der Waals surface area contributed by atoms with Crippen LogP contribution in [-0.4, -0.2) is 18.0 Å². The van der Waals surface area contributed by atoms with E-state index < -0.39 is 0 Å². The van der Waals surface area contributed by atoms with Crippen LogP contribution >= 0.6 is 11.6 Å². The van der Waals surface area contributed by atoms with E-state index in [1.807, 2.05) is 18.2 Å². The lowest BCUT2D eigenvalue weighted by Gasteiger charge is -2.12. The lowest BCUT2D eigenvalue weighted by molar-refractivity contribution is 0.279. The first-order chi connectivity index (χ1) is 10.9. The highest BCUT2D eigenvalue weighted by Gasteiger charge is 2.28. The summed E-state index contributed by atoms with van der Waals surface area (Å²) < 4.78 is 5.83. The molecular weight excluding hydrogens is 306 g/mol. The fourth-order valence-electron chi connectivity index (χ4n) is 2.71. The van der Waals surface area contributed by atoms with E-state index in [4.69, 9.17) is 21.3 Å². The Morgan fingerprint density at radius 2 is 1.74 bits per heavy atom. The monoisotopic (exact) mass is 327 g/mol. The van der Waals surface area contributed by atoms with E-state index in [9.17, 15) is 0 Å². The van der Waals surface area contributed by atoms with Gasteiger partial charge in [-0.25, -0.2) is 4.99 Å². The summed E-state index contributed by atoms with van der Waals surface area (Å²) in [6.07, 6.45) is 0. The second-order valence-electron chi connectivity index (χ2n) is 6.98. The molecule has 0 N–H and O–H groups in total. The maximum absolute atomic E-state index is 6.23. The molecular formula is C20H22ClNO. The fraction of sp³-hybridized carbons (Fsp3) is 0.350. The van der Waals surface area contributed by atoms with Gasteiger partial charge in [0.15, 0.2) is 0 Å². The van der Waals surface area contributed by atoms with E-state index in [2.05, 4.69) is 52.0 Å². The van der Waals surface area contributed by atoms with Crippen LogP contribution in [0.1, 0.15) is 44.7 Å². The highest BCUT2D eigenvalue weighted by Crippen LogP contribution is 2.31. The summed E-state index contributed by atoms with van der Waals surface area (Å²) in [4.78, 5) is 4.70. The Morgan fingerprint density at radius 3 is 2.30 bits per heavy atom. The molecule has 2 aromatic carbocycles. The minimum atomic E-state index is -0.173. The van der Waals surface area contributed by atoms with Gasteiger partial charge in [-0.2, -0.15) is 0 Å². The Hall–Kier alpha value is -1.80. The average molecular weight is 328 g/mol. The van der Waals surface area contributed by atoms with Crippen molar-refractivity contribution < 1.29 is 4.74 Å². The van der Waals surface area contributed by atoms with Crippen LogP contribution in [0, 0.1) is 0 Å². The van der Waals surface area contributed by atoms with Crippen LogP contribution in [0.3, 0.4) is 0 Å². The van der Waals surface area contributed by atoms with Gasteiger partial charge < -0.3 is 4.74 Å². The molecule has 0 amide bonds. The summed E-state index contributed by atoms with van der Waals surface area (Å²) >= 11 is 6.23. The van der Waals surface area contributed by atoms with E-state index in [0.29, 0.717) is 18.4 Å². The first kappa shape index (κ1) is 16.1. The molecule has 0 aromatic heterocycles. The van der Waals surface area contributed by atoms with Crippen LogP contribution < -0.4 is 0 Å². The Labute approximate surface area is 143 Å². The third-order valence-electron chi connectivity index (χ3n) is 4.07. The summed E-state index contributed by atoms with van der Waals surface area (Å²) in [7, 11) is 0. The van der Waals surface area contributed by atoms with Crippen LogP contribution in [0.5, 0.6) is 0 Å². The second kappa shape index (κ2) is 6.01. The number of benzene rings is 2. The Balaban J connectivity index is 2.07. The summed E-state index contributed by atoms with van der Waals surface area (Å²) in [5.41, 5.74) is 4.34. The van der Waals surface area contributed by atoms with Crippen LogP contribution in [-0.2, 0) is 4.74 Å². The van der Waals surface area contributed by atoms with Gasteiger partial charge in [0.1, 0.15) is 6.61 Å². The van der Waals surface area contributed by atoms with Gasteiger partial charge in [0.05, 0.1) is 5.54 Å². The number of aliphatic imine (C=N–C) groups is 1. The highest BCUT2D eigenvalue weighted by molar-refractivity contribution is 6.31. The van der Waals surface area contributed by atoms with Crippen molar-refractivity contribution in [3.8, 4) is 11.1 Å². The summed E-state index contributed by atoms with van der Waals surface area (Å²) in [6, 6.07) is 14.5. The molecule has 0 saturated heterocycles. The van der Waals surface area contributed by atoms with E-state index >= 15 is 0 Å². The van der Waals surface area contributed by atoms with Crippen molar-refractivity contribution in [3.05, 3.63) is 58.6 Å². The molecule has 0 aliphatic carbocycles. The molecule has 3 rings (SSSR count). The lowest BCUT2D eigenvalue weighted by Crippen LogP contribution is -2.17. The van der Waals surface area contributed by atoms with Crippen LogP contribution in [0.4, 0.5) is 0 Å². The standard InChI is InChI=1S/C20H22ClNO/c1-13(2)14-5-7-15(8-6-14)18-11-16(21)9-10-17(18)19-22-20(3,4)12-23-19/h5-11,13H,12H2,1-4H3. The Bertz CT molecular complexity index is 745. The van der Waals surface area contributed by atoms with Crippen molar-refractivity contribution in [2.75, 3.05) is 6.61 Å². The normalized spacial score (nSPS) is 16.3. The summed E-state index contributed by atoms with van der Waals surface area (Å²) in [5.74, 6) is 1.22. The number of ether oxygens (including phenoxy) is 1. The van der Waals surface area contributed by atoms with Gasteiger partial charge in [-0.3, -0.25) is 0 Å². The van der Waals surface area contributed by atoms with E-state index in [1.165, 1.54) is 5.56 Å². The number of halogens is 1. The molecule has 1 aliphatic heterocycles. The van der Waals surface area contributed by atoms with Crippen molar-refractivity contribution >= 4 is 17.5 Å². The first-order valence-electron chi connectivity index (χ1n) is 7.99. The molecule has 2 nitrogen and oxygen atoms in total. The van der Waals surface area contributed by atoms with Crippen LogP contribution in [0.2, 0.25) is 5.02 Å². The first-order valence-corrected chi connectivity index (χ1v) is 8.36. The van der Waals surface area contributed by atoms with Gasteiger partial charge in [-0.05, 0) is 54.7 Å². The minimum absolute atomic E-state index is 0.173. The molecule has 1 heterocycles. The molecule has 0 radical (unpaired) electrons. The van der Waals surface area contributed by atoms with E-state index in [0.717, 1.165) is 21.7 Å². The lowest BCUT2D eigenvalue weighted by atomic mass is 9.96. The Morgan fingerprint density at radius 1 is 1.04 bits per heavy atom. The van der Waals surface area contributed by atoms with Crippen molar-refractivity contribution in [1.82, 2.24) is 0 Å². The molecule has 0 bridgehead atoms. The van der Waals surface area contributed by atoms with E-state index in [-0.39, 0.29) is 5.54 Å². The predicted molar refractivity (Wildman–Crippen MR) is 97.5 cm³/mol. The predicted octanol–water partition coefficient (Wildman–Crippen LogP) is 5.69. The fourth-order valence-corrected chi connectivity index (χ4v) is 2.88. The second-order valence-corrected chi connectivity index (χ2v) is 7.42. The van der Waals surface area contributed by atoms with Gasteiger partial charge >= 0.3 is 0 Å². The molecule has 0 spiro atoms. The third-order valence-corrected chi connectivity index (χ3v) is 4.30. The van der Waals surface area contributed by atoms with Gasteiger partial charge in [0, 0.05) is 10.6 Å². The minimum Gasteiger partial charge on any atom is -0.475 e. The molecule has 2 aromatic rings. The van der Waals surface area contributed by atoms with Gasteiger partial charge in [0.25, 0.3) is 0 Å². The Kier molecular flexibility index (Phi) is 4.20. The quantitative estimate of drug-likeness (QED) is 0.710. The SMILES string of the molecule is CC(C)c1ccc(-c2cc(Cl)ccc2C2=NC(C)(C)CO2)cc1.